The fraction of sp³-hybridized carbons (Fsp3) is 0.462. The lowest BCUT2D eigenvalue weighted by atomic mass is 10.1. The first-order chi connectivity index (χ1) is 8.65. The van der Waals surface area contributed by atoms with Gasteiger partial charge in [-0.25, -0.2) is 8.78 Å². The van der Waals surface area contributed by atoms with E-state index in [-0.39, 0.29) is 12.3 Å². The van der Waals surface area contributed by atoms with Crippen LogP contribution in [-0.2, 0) is 11.2 Å². The first-order valence-corrected chi connectivity index (χ1v) is 6.09. The van der Waals surface area contributed by atoms with Gasteiger partial charge < -0.3 is 10.6 Å². The second-order valence-electron chi connectivity index (χ2n) is 4.52. The van der Waals surface area contributed by atoms with Crippen LogP contribution in [0.1, 0.15) is 18.4 Å². The van der Waals surface area contributed by atoms with Gasteiger partial charge >= 0.3 is 0 Å². The Hall–Kier alpha value is -1.49. The molecule has 0 radical (unpaired) electrons. The molecule has 0 saturated carbocycles. The third-order valence-corrected chi connectivity index (χ3v) is 3.06. The van der Waals surface area contributed by atoms with Gasteiger partial charge in [-0.2, -0.15) is 0 Å². The molecule has 1 atom stereocenters. The van der Waals surface area contributed by atoms with Crippen LogP contribution in [0.5, 0.6) is 0 Å². The molecule has 18 heavy (non-hydrogen) atoms. The molecule has 1 saturated heterocycles. The summed E-state index contributed by atoms with van der Waals surface area (Å²) in [6, 6.07) is 3.85. The van der Waals surface area contributed by atoms with E-state index in [0.717, 1.165) is 31.5 Å². The minimum atomic E-state index is -0.919. The molecular formula is C13H16F2N2O. The van der Waals surface area contributed by atoms with E-state index in [2.05, 4.69) is 10.6 Å². The van der Waals surface area contributed by atoms with E-state index in [1.807, 2.05) is 0 Å². The van der Waals surface area contributed by atoms with E-state index in [1.165, 1.54) is 6.07 Å². The van der Waals surface area contributed by atoms with Crippen LogP contribution in [0.25, 0.3) is 0 Å². The van der Waals surface area contributed by atoms with Crippen molar-refractivity contribution in [2.24, 2.45) is 0 Å². The fourth-order valence-electron chi connectivity index (χ4n) is 2.07. The smallest absolute Gasteiger partial charge is 0.224 e. The standard InChI is InChI=1S/C13H16F2N2O/c14-11-4-3-9(6-12(11)15)7-13(18)17-8-10-2-1-5-16-10/h3-4,6,10,16H,1-2,5,7-8H2,(H,17,18). The van der Waals surface area contributed by atoms with Gasteiger partial charge in [0.25, 0.3) is 0 Å². The summed E-state index contributed by atoms with van der Waals surface area (Å²) >= 11 is 0. The maximum Gasteiger partial charge on any atom is 0.224 e. The summed E-state index contributed by atoms with van der Waals surface area (Å²) in [5, 5.41) is 6.06. The second kappa shape index (κ2) is 5.91. The number of carbonyl (C=O) groups excluding carboxylic acids is 1. The summed E-state index contributed by atoms with van der Waals surface area (Å²) in [4.78, 5) is 11.6. The molecule has 1 heterocycles. The lowest BCUT2D eigenvalue weighted by Crippen LogP contribution is -2.37. The number of carbonyl (C=O) groups is 1. The minimum absolute atomic E-state index is 0.0733. The normalized spacial score (nSPS) is 18.9. The zero-order valence-electron chi connectivity index (χ0n) is 10.0. The Morgan fingerprint density at radius 2 is 2.22 bits per heavy atom. The van der Waals surface area contributed by atoms with Crippen LogP contribution in [0.15, 0.2) is 18.2 Å². The predicted molar refractivity (Wildman–Crippen MR) is 64.1 cm³/mol. The molecule has 2 rings (SSSR count). The fourth-order valence-corrected chi connectivity index (χ4v) is 2.07. The van der Waals surface area contributed by atoms with Gasteiger partial charge in [0.05, 0.1) is 6.42 Å². The Morgan fingerprint density at radius 3 is 2.89 bits per heavy atom. The average molecular weight is 254 g/mol. The van der Waals surface area contributed by atoms with Crippen LogP contribution in [0.4, 0.5) is 8.78 Å². The Morgan fingerprint density at radius 1 is 1.39 bits per heavy atom. The van der Waals surface area contributed by atoms with Crippen LogP contribution < -0.4 is 10.6 Å². The number of hydrogen-bond donors (Lipinski definition) is 2. The van der Waals surface area contributed by atoms with Gasteiger partial charge in [0.1, 0.15) is 0 Å². The highest BCUT2D eigenvalue weighted by Gasteiger charge is 2.15. The van der Waals surface area contributed by atoms with Gasteiger partial charge in [0, 0.05) is 12.6 Å². The van der Waals surface area contributed by atoms with Gasteiger partial charge in [0.15, 0.2) is 11.6 Å². The van der Waals surface area contributed by atoms with Gasteiger partial charge in [0.2, 0.25) is 5.91 Å². The van der Waals surface area contributed by atoms with E-state index >= 15 is 0 Å². The van der Waals surface area contributed by atoms with Crippen LogP contribution in [-0.4, -0.2) is 25.0 Å². The quantitative estimate of drug-likeness (QED) is 0.852. The molecule has 1 aromatic rings. The van der Waals surface area contributed by atoms with Crippen molar-refractivity contribution in [1.29, 1.82) is 0 Å². The number of nitrogens with one attached hydrogen (secondary N) is 2. The molecule has 0 aromatic heterocycles. The number of rotatable bonds is 4. The van der Waals surface area contributed by atoms with Crippen LogP contribution in [0.2, 0.25) is 0 Å². The van der Waals surface area contributed by atoms with Gasteiger partial charge in [-0.1, -0.05) is 6.07 Å². The molecule has 1 aliphatic heterocycles. The van der Waals surface area contributed by atoms with Crippen molar-refractivity contribution in [1.82, 2.24) is 10.6 Å². The number of amides is 1. The monoisotopic (exact) mass is 254 g/mol. The molecule has 3 nitrogen and oxygen atoms in total. The van der Waals surface area contributed by atoms with E-state index in [9.17, 15) is 13.6 Å². The Labute approximate surface area is 105 Å². The number of hydrogen-bond acceptors (Lipinski definition) is 2. The summed E-state index contributed by atoms with van der Waals surface area (Å²) in [6.07, 6.45) is 2.26. The van der Waals surface area contributed by atoms with Gasteiger partial charge in [-0.3, -0.25) is 4.79 Å². The molecule has 1 aromatic carbocycles. The third kappa shape index (κ3) is 3.50. The zero-order valence-corrected chi connectivity index (χ0v) is 10.0. The molecule has 5 heteroatoms. The highest BCUT2D eigenvalue weighted by atomic mass is 19.2. The molecule has 0 bridgehead atoms. The summed E-state index contributed by atoms with van der Waals surface area (Å²) in [5.41, 5.74) is 0.478. The first kappa shape index (κ1) is 13.0. The SMILES string of the molecule is O=C(Cc1ccc(F)c(F)c1)NCC1CCCN1. The minimum Gasteiger partial charge on any atom is -0.354 e. The van der Waals surface area contributed by atoms with E-state index in [4.69, 9.17) is 0 Å². The largest absolute Gasteiger partial charge is 0.354 e. The van der Waals surface area contributed by atoms with Crippen molar-refractivity contribution >= 4 is 5.91 Å². The molecule has 1 unspecified atom stereocenters. The lowest BCUT2D eigenvalue weighted by molar-refractivity contribution is -0.120. The van der Waals surface area contributed by atoms with Crippen LogP contribution in [0.3, 0.4) is 0 Å². The molecular weight excluding hydrogens is 238 g/mol. The average Bonchev–Trinajstić information content (AvgIpc) is 2.84. The summed E-state index contributed by atoms with van der Waals surface area (Å²) in [5.74, 6) is -1.98. The molecule has 1 fully saturated rings. The number of halogens is 2. The lowest BCUT2D eigenvalue weighted by Gasteiger charge is -2.11. The zero-order chi connectivity index (χ0) is 13.0. The molecule has 0 aliphatic carbocycles. The molecule has 1 amide bonds. The highest BCUT2D eigenvalue weighted by molar-refractivity contribution is 5.78. The molecule has 98 valence electrons. The molecule has 1 aliphatic rings. The van der Waals surface area contributed by atoms with Gasteiger partial charge in [-0.05, 0) is 37.1 Å². The summed E-state index contributed by atoms with van der Waals surface area (Å²) in [7, 11) is 0. The van der Waals surface area contributed by atoms with Crippen LogP contribution in [0, 0.1) is 11.6 Å². The third-order valence-electron chi connectivity index (χ3n) is 3.06. The predicted octanol–water partition coefficient (Wildman–Crippen LogP) is 1.38. The maximum absolute atomic E-state index is 12.9. The Bertz CT molecular complexity index is 431. The maximum atomic E-state index is 12.9. The van der Waals surface area contributed by atoms with Gasteiger partial charge in [-0.15, -0.1) is 0 Å². The van der Waals surface area contributed by atoms with Crippen molar-refractivity contribution in [3.63, 3.8) is 0 Å². The molecule has 0 spiro atoms. The van der Waals surface area contributed by atoms with Crippen molar-refractivity contribution in [2.45, 2.75) is 25.3 Å². The molecule has 2 N–H and O–H groups in total. The van der Waals surface area contributed by atoms with Crippen molar-refractivity contribution in [2.75, 3.05) is 13.1 Å². The summed E-state index contributed by atoms with van der Waals surface area (Å²) < 4.78 is 25.6. The van der Waals surface area contributed by atoms with Crippen molar-refractivity contribution < 1.29 is 13.6 Å². The first-order valence-electron chi connectivity index (χ1n) is 6.09. The van der Waals surface area contributed by atoms with E-state index in [0.29, 0.717) is 18.2 Å². The van der Waals surface area contributed by atoms with E-state index < -0.39 is 11.6 Å². The topological polar surface area (TPSA) is 41.1 Å². The van der Waals surface area contributed by atoms with Crippen molar-refractivity contribution in [3.8, 4) is 0 Å². The second-order valence-corrected chi connectivity index (χ2v) is 4.52. The Kier molecular flexibility index (Phi) is 4.25. The van der Waals surface area contributed by atoms with Crippen molar-refractivity contribution in [3.05, 3.63) is 35.4 Å². The van der Waals surface area contributed by atoms with Crippen LogP contribution >= 0.6 is 0 Å². The Balaban J connectivity index is 1.80. The highest BCUT2D eigenvalue weighted by Crippen LogP contribution is 2.09. The van der Waals surface area contributed by atoms with E-state index in [1.54, 1.807) is 0 Å². The summed E-state index contributed by atoms with van der Waals surface area (Å²) in [6.45, 7) is 1.58. The number of benzene rings is 1.